The molecule has 0 amide bonds. The van der Waals surface area contributed by atoms with Crippen LogP contribution in [-0.4, -0.2) is 59.0 Å². The highest BCUT2D eigenvalue weighted by Gasteiger charge is 2.24. The molecular formula is C13H27NO2S. The summed E-state index contributed by atoms with van der Waals surface area (Å²) >= 11 is 2.04. The molecule has 17 heavy (non-hydrogen) atoms. The molecule has 0 radical (unpaired) electrons. The SMILES string of the molecule is CC(C)OCC(O)CN1CCSC(C)(C)CC1. The second-order valence-corrected chi connectivity index (χ2v) is 7.50. The molecule has 0 aromatic rings. The third-order valence-corrected chi connectivity index (χ3v) is 4.39. The minimum atomic E-state index is -0.358. The predicted octanol–water partition coefficient (Wildman–Crippen LogP) is 1.99. The molecule has 0 bridgehead atoms. The van der Waals surface area contributed by atoms with Gasteiger partial charge >= 0.3 is 0 Å². The largest absolute Gasteiger partial charge is 0.389 e. The summed E-state index contributed by atoms with van der Waals surface area (Å²) in [7, 11) is 0. The summed E-state index contributed by atoms with van der Waals surface area (Å²) in [5.41, 5.74) is 0. The van der Waals surface area contributed by atoms with E-state index in [4.69, 9.17) is 4.74 Å². The Morgan fingerprint density at radius 2 is 2.06 bits per heavy atom. The maximum absolute atomic E-state index is 9.90. The van der Waals surface area contributed by atoms with Crippen molar-refractivity contribution < 1.29 is 9.84 Å². The van der Waals surface area contributed by atoms with Crippen molar-refractivity contribution in [3.63, 3.8) is 0 Å². The van der Waals surface area contributed by atoms with Crippen molar-refractivity contribution in [3.8, 4) is 0 Å². The second kappa shape index (κ2) is 6.98. The van der Waals surface area contributed by atoms with Crippen molar-refractivity contribution >= 4 is 11.8 Å². The van der Waals surface area contributed by atoms with Crippen molar-refractivity contribution in [1.82, 2.24) is 4.90 Å². The molecule has 0 aromatic heterocycles. The Bertz CT molecular complexity index is 221. The number of β-amino-alcohol motifs (C(OH)–C–C–N with tert-alkyl or cyclic N) is 1. The van der Waals surface area contributed by atoms with Gasteiger partial charge in [0.15, 0.2) is 0 Å². The molecule has 0 aliphatic carbocycles. The minimum Gasteiger partial charge on any atom is -0.389 e. The van der Waals surface area contributed by atoms with Crippen molar-refractivity contribution in [3.05, 3.63) is 0 Å². The Kier molecular flexibility index (Phi) is 6.27. The zero-order chi connectivity index (χ0) is 12.9. The Labute approximate surface area is 110 Å². The average Bonchev–Trinajstić information content (AvgIpc) is 2.37. The van der Waals surface area contributed by atoms with Crippen LogP contribution in [0.3, 0.4) is 0 Å². The quantitative estimate of drug-likeness (QED) is 0.820. The standard InChI is InChI=1S/C13H27NO2S/c1-11(2)16-10-12(15)9-14-6-5-13(3,4)17-8-7-14/h11-12,15H,5-10H2,1-4H3. The molecule has 3 nitrogen and oxygen atoms in total. The van der Waals surface area contributed by atoms with E-state index in [0.29, 0.717) is 11.4 Å². The van der Waals surface area contributed by atoms with Gasteiger partial charge in [-0.15, -0.1) is 0 Å². The summed E-state index contributed by atoms with van der Waals surface area (Å²) in [6, 6.07) is 0. The number of aliphatic hydroxyl groups excluding tert-OH is 1. The monoisotopic (exact) mass is 261 g/mol. The third-order valence-electron chi connectivity index (χ3n) is 3.02. The maximum atomic E-state index is 9.90. The predicted molar refractivity (Wildman–Crippen MR) is 74.7 cm³/mol. The lowest BCUT2D eigenvalue weighted by atomic mass is 10.1. The van der Waals surface area contributed by atoms with Gasteiger partial charge in [0, 0.05) is 23.6 Å². The Balaban J connectivity index is 2.26. The summed E-state index contributed by atoms with van der Waals surface area (Å²) in [4.78, 5) is 2.36. The van der Waals surface area contributed by atoms with E-state index in [1.54, 1.807) is 0 Å². The molecule has 1 unspecified atom stereocenters. The number of hydrogen-bond donors (Lipinski definition) is 1. The lowest BCUT2D eigenvalue weighted by Gasteiger charge is -2.24. The molecule has 1 aliphatic rings. The number of hydrogen-bond acceptors (Lipinski definition) is 4. The number of nitrogens with zero attached hydrogens (tertiary/aromatic N) is 1. The van der Waals surface area contributed by atoms with Crippen LogP contribution in [0.5, 0.6) is 0 Å². The fraction of sp³-hybridized carbons (Fsp3) is 1.00. The van der Waals surface area contributed by atoms with Crippen molar-refractivity contribution in [2.24, 2.45) is 0 Å². The van der Waals surface area contributed by atoms with Crippen molar-refractivity contribution in [2.75, 3.05) is 32.0 Å². The van der Waals surface area contributed by atoms with Gasteiger partial charge in [-0.05, 0) is 26.8 Å². The van der Waals surface area contributed by atoms with E-state index < -0.39 is 0 Å². The molecule has 102 valence electrons. The van der Waals surface area contributed by atoms with E-state index in [9.17, 15) is 5.11 Å². The van der Waals surface area contributed by atoms with Crippen LogP contribution >= 0.6 is 11.8 Å². The van der Waals surface area contributed by atoms with Gasteiger partial charge in [-0.25, -0.2) is 0 Å². The van der Waals surface area contributed by atoms with E-state index >= 15 is 0 Å². The average molecular weight is 261 g/mol. The fourth-order valence-corrected chi connectivity index (χ4v) is 3.04. The molecule has 1 rings (SSSR count). The lowest BCUT2D eigenvalue weighted by Crippen LogP contribution is -2.37. The molecule has 0 spiro atoms. The molecule has 1 saturated heterocycles. The van der Waals surface area contributed by atoms with E-state index in [1.165, 1.54) is 6.42 Å². The minimum absolute atomic E-state index is 0.197. The first-order valence-electron chi connectivity index (χ1n) is 6.55. The van der Waals surface area contributed by atoms with Crippen molar-refractivity contribution in [2.45, 2.75) is 51.1 Å². The number of rotatable bonds is 5. The van der Waals surface area contributed by atoms with E-state index in [-0.39, 0.29) is 12.2 Å². The van der Waals surface area contributed by atoms with Crippen LogP contribution in [0.4, 0.5) is 0 Å². The summed E-state index contributed by atoms with van der Waals surface area (Å²) in [5.74, 6) is 1.16. The van der Waals surface area contributed by atoms with E-state index in [1.807, 2.05) is 25.6 Å². The lowest BCUT2D eigenvalue weighted by molar-refractivity contribution is -0.00781. The molecule has 1 heterocycles. The van der Waals surface area contributed by atoms with Crippen molar-refractivity contribution in [1.29, 1.82) is 0 Å². The molecule has 0 saturated carbocycles. The van der Waals surface area contributed by atoms with Crippen LogP contribution in [-0.2, 0) is 4.74 Å². The Morgan fingerprint density at radius 1 is 1.35 bits per heavy atom. The molecular weight excluding hydrogens is 234 g/mol. The molecule has 1 fully saturated rings. The smallest absolute Gasteiger partial charge is 0.0900 e. The summed E-state index contributed by atoms with van der Waals surface area (Å²) in [6.07, 6.45) is 1.03. The maximum Gasteiger partial charge on any atom is 0.0900 e. The first-order valence-corrected chi connectivity index (χ1v) is 7.53. The van der Waals surface area contributed by atoms with Gasteiger partial charge in [0.05, 0.1) is 18.8 Å². The number of aliphatic hydroxyl groups is 1. The van der Waals surface area contributed by atoms with Gasteiger partial charge in [-0.3, -0.25) is 4.90 Å². The summed E-state index contributed by atoms with van der Waals surface area (Å²) in [5, 5.41) is 9.90. The zero-order valence-electron chi connectivity index (χ0n) is 11.6. The molecule has 4 heteroatoms. The van der Waals surface area contributed by atoms with E-state index in [0.717, 1.165) is 25.4 Å². The molecule has 1 atom stereocenters. The fourth-order valence-electron chi connectivity index (χ4n) is 1.90. The zero-order valence-corrected chi connectivity index (χ0v) is 12.4. The number of ether oxygens (including phenoxy) is 1. The Morgan fingerprint density at radius 3 is 2.71 bits per heavy atom. The van der Waals surface area contributed by atoms with Crippen LogP contribution in [0.25, 0.3) is 0 Å². The third kappa shape index (κ3) is 6.65. The second-order valence-electron chi connectivity index (χ2n) is 5.69. The highest BCUT2D eigenvalue weighted by Crippen LogP contribution is 2.30. The molecule has 1 N–H and O–H groups in total. The van der Waals surface area contributed by atoms with Gasteiger partial charge in [-0.1, -0.05) is 13.8 Å². The van der Waals surface area contributed by atoms with Crippen LogP contribution in [0.15, 0.2) is 0 Å². The van der Waals surface area contributed by atoms with Gasteiger partial charge < -0.3 is 9.84 Å². The topological polar surface area (TPSA) is 32.7 Å². The molecule has 1 aliphatic heterocycles. The first-order chi connectivity index (χ1) is 7.89. The number of thioether (sulfide) groups is 1. The van der Waals surface area contributed by atoms with Crippen LogP contribution < -0.4 is 0 Å². The van der Waals surface area contributed by atoms with Gasteiger partial charge in [0.2, 0.25) is 0 Å². The highest BCUT2D eigenvalue weighted by atomic mass is 32.2. The van der Waals surface area contributed by atoms with E-state index in [2.05, 4.69) is 18.7 Å². The van der Waals surface area contributed by atoms with Crippen LogP contribution in [0.2, 0.25) is 0 Å². The molecule has 0 aromatic carbocycles. The van der Waals surface area contributed by atoms with Gasteiger partial charge in [0.1, 0.15) is 0 Å². The normalized spacial score (nSPS) is 23.6. The summed E-state index contributed by atoms with van der Waals surface area (Å²) in [6.45, 7) is 12.0. The Hall–Kier alpha value is 0.230. The highest BCUT2D eigenvalue weighted by molar-refractivity contribution is 8.00. The summed E-state index contributed by atoms with van der Waals surface area (Å²) < 4.78 is 5.82. The van der Waals surface area contributed by atoms with Gasteiger partial charge in [0.25, 0.3) is 0 Å². The van der Waals surface area contributed by atoms with Crippen LogP contribution in [0.1, 0.15) is 34.1 Å². The van der Waals surface area contributed by atoms with Gasteiger partial charge in [-0.2, -0.15) is 11.8 Å². The first kappa shape index (κ1) is 15.3. The van der Waals surface area contributed by atoms with Crippen LogP contribution in [0, 0.1) is 0 Å².